The Hall–Kier alpha value is -0.300. The van der Waals surface area contributed by atoms with E-state index in [4.69, 9.17) is 0 Å². The molecule has 0 bridgehead atoms. The number of allylic oxidation sites excluding steroid dienone is 1. The van der Waals surface area contributed by atoms with Crippen LogP contribution in [-0.2, 0) is 0 Å². The second kappa shape index (κ2) is 9.67. The van der Waals surface area contributed by atoms with Gasteiger partial charge in [-0.2, -0.15) is 0 Å². The fraction of sp³-hybridized carbons (Fsp3) is 0.926. The van der Waals surface area contributed by atoms with E-state index < -0.39 is 0 Å². The topological polar surface area (TPSA) is 20.2 Å². The van der Waals surface area contributed by atoms with E-state index in [1.54, 1.807) is 5.57 Å². The van der Waals surface area contributed by atoms with Crippen LogP contribution >= 0.6 is 0 Å². The first-order chi connectivity index (χ1) is 13.3. The zero-order chi connectivity index (χ0) is 20.3. The molecule has 0 radical (unpaired) electrons. The number of hydrogen-bond donors (Lipinski definition) is 1. The van der Waals surface area contributed by atoms with Crippen molar-refractivity contribution in [2.45, 2.75) is 118 Å². The van der Waals surface area contributed by atoms with Crippen LogP contribution in [0.1, 0.15) is 112 Å². The molecule has 0 aliphatic heterocycles. The fourth-order valence-corrected chi connectivity index (χ4v) is 7.12. The zero-order valence-electron chi connectivity index (χ0n) is 19.6. The standard InChI is InChI=1S/C27H48O/c1-19(2)8-6-9-20(3)22-10-7-11-26-25(21(4)12-13-22)15-14-23-18-24(28)16-17-27(23,26)5/h14,19-22,24-26,28H,6-13,15-18H2,1-5H3. The van der Waals surface area contributed by atoms with Crippen LogP contribution in [0.4, 0.5) is 0 Å². The zero-order valence-corrected chi connectivity index (χ0v) is 19.6. The van der Waals surface area contributed by atoms with E-state index in [1.165, 1.54) is 64.2 Å². The molecule has 2 saturated carbocycles. The largest absolute Gasteiger partial charge is 0.393 e. The highest BCUT2D eigenvalue weighted by atomic mass is 16.3. The second-order valence-electron chi connectivity index (χ2n) is 11.6. The van der Waals surface area contributed by atoms with Crippen molar-refractivity contribution in [2.75, 3.05) is 0 Å². The van der Waals surface area contributed by atoms with E-state index in [2.05, 4.69) is 40.7 Å². The molecule has 0 aromatic heterocycles. The minimum absolute atomic E-state index is 0.0827. The summed E-state index contributed by atoms with van der Waals surface area (Å²) in [5.74, 6) is 5.29. The van der Waals surface area contributed by atoms with Crippen LogP contribution in [0.5, 0.6) is 0 Å². The van der Waals surface area contributed by atoms with Crippen LogP contribution < -0.4 is 0 Å². The number of aliphatic hydroxyl groups is 1. The van der Waals surface area contributed by atoms with Gasteiger partial charge in [-0.05, 0) is 79.4 Å². The van der Waals surface area contributed by atoms with E-state index >= 15 is 0 Å². The van der Waals surface area contributed by atoms with Gasteiger partial charge in [0.2, 0.25) is 0 Å². The summed E-state index contributed by atoms with van der Waals surface area (Å²) in [5, 5.41) is 10.2. The van der Waals surface area contributed by atoms with Crippen LogP contribution in [0.2, 0.25) is 0 Å². The quantitative estimate of drug-likeness (QED) is 0.477. The average Bonchev–Trinajstić information content (AvgIpc) is 2.72. The van der Waals surface area contributed by atoms with Gasteiger partial charge in [0.15, 0.2) is 0 Å². The highest BCUT2D eigenvalue weighted by Crippen LogP contribution is 2.56. The third-order valence-electron chi connectivity index (χ3n) is 9.22. The van der Waals surface area contributed by atoms with Gasteiger partial charge in [0, 0.05) is 0 Å². The summed E-state index contributed by atoms with van der Waals surface area (Å²) in [6.07, 6.45) is 18.4. The summed E-state index contributed by atoms with van der Waals surface area (Å²) in [7, 11) is 0. The molecular weight excluding hydrogens is 340 g/mol. The maximum atomic E-state index is 10.2. The number of fused-ring (bicyclic) bond motifs is 3. The van der Waals surface area contributed by atoms with Gasteiger partial charge in [-0.3, -0.25) is 0 Å². The molecule has 0 amide bonds. The third-order valence-corrected chi connectivity index (χ3v) is 9.22. The van der Waals surface area contributed by atoms with E-state index in [9.17, 15) is 5.11 Å². The summed E-state index contributed by atoms with van der Waals surface area (Å²) in [4.78, 5) is 0. The minimum Gasteiger partial charge on any atom is -0.393 e. The molecule has 2 fully saturated rings. The van der Waals surface area contributed by atoms with Gasteiger partial charge in [-0.1, -0.05) is 84.8 Å². The van der Waals surface area contributed by atoms with Crippen molar-refractivity contribution >= 4 is 0 Å². The fourth-order valence-electron chi connectivity index (χ4n) is 7.12. The summed E-state index contributed by atoms with van der Waals surface area (Å²) >= 11 is 0. The van der Waals surface area contributed by atoms with Gasteiger partial charge in [0.05, 0.1) is 6.10 Å². The van der Waals surface area contributed by atoms with Crippen molar-refractivity contribution in [3.63, 3.8) is 0 Å². The molecule has 1 nitrogen and oxygen atoms in total. The van der Waals surface area contributed by atoms with Crippen molar-refractivity contribution in [2.24, 2.45) is 40.9 Å². The van der Waals surface area contributed by atoms with Crippen LogP contribution in [0.15, 0.2) is 11.6 Å². The Kier molecular flexibility index (Phi) is 7.73. The SMILES string of the molecule is CC(C)CCCC(C)C1CCCC2C(CC=C3CC(O)CCC32C)C(C)CC1. The molecule has 1 heteroatoms. The van der Waals surface area contributed by atoms with Gasteiger partial charge in [0.25, 0.3) is 0 Å². The lowest BCUT2D eigenvalue weighted by molar-refractivity contribution is 0.0308. The Labute approximate surface area is 175 Å². The Balaban J connectivity index is 1.65. The molecule has 0 aromatic rings. The third kappa shape index (κ3) is 5.05. The van der Waals surface area contributed by atoms with Crippen LogP contribution in [-0.4, -0.2) is 11.2 Å². The van der Waals surface area contributed by atoms with Crippen molar-refractivity contribution in [1.82, 2.24) is 0 Å². The first kappa shape index (κ1) is 22.4. The second-order valence-corrected chi connectivity index (χ2v) is 11.6. The summed E-state index contributed by atoms with van der Waals surface area (Å²) in [6, 6.07) is 0. The van der Waals surface area contributed by atoms with Gasteiger partial charge < -0.3 is 5.11 Å². The summed E-state index contributed by atoms with van der Waals surface area (Å²) < 4.78 is 0. The maximum Gasteiger partial charge on any atom is 0.0577 e. The molecule has 7 unspecified atom stereocenters. The maximum absolute atomic E-state index is 10.2. The van der Waals surface area contributed by atoms with Crippen molar-refractivity contribution in [1.29, 1.82) is 0 Å². The number of rotatable bonds is 5. The first-order valence-corrected chi connectivity index (χ1v) is 12.7. The van der Waals surface area contributed by atoms with Crippen molar-refractivity contribution < 1.29 is 5.11 Å². The normalized spacial score (nSPS) is 40.5. The highest BCUT2D eigenvalue weighted by molar-refractivity contribution is 5.23. The molecule has 1 N–H and O–H groups in total. The minimum atomic E-state index is -0.0827. The van der Waals surface area contributed by atoms with Gasteiger partial charge in [0.1, 0.15) is 0 Å². The van der Waals surface area contributed by atoms with Crippen LogP contribution in [0.3, 0.4) is 0 Å². The molecule has 3 aliphatic carbocycles. The van der Waals surface area contributed by atoms with Crippen molar-refractivity contribution in [3.05, 3.63) is 11.6 Å². The van der Waals surface area contributed by atoms with Crippen molar-refractivity contribution in [3.8, 4) is 0 Å². The van der Waals surface area contributed by atoms with Crippen LogP contribution in [0.25, 0.3) is 0 Å². The molecule has 0 saturated heterocycles. The molecule has 0 aromatic carbocycles. The van der Waals surface area contributed by atoms with E-state index in [-0.39, 0.29) is 6.10 Å². The van der Waals surface area contributed by atoms with E-state index in [1.807, 2.05) is 0 Å². The van der Waals surface area contributed by atoms with Gasteiger partial charge >= 0.3 is 0 Å². The number of hydrogen-bond acceptors (Lipinski definition) is 1. The summed E-state index contributed by atoms with van der Waals surface area (Å²) in [5.41, 5.74) is 1.98. The molecular formula is C27H48O. The predicted molar refractivity (Wildman–Crippen MR) is 121 cm³/mol. The highest BCUT2D eigenvalue weighted by Gasteiger charge is 2.47. The van der Waals surface area contributed by atoms with Crippen LogP contribution in [0, 0.1) is 40.9 Å². The Morgan fingerprint density at radius 1 is 1.07 bits per heavy atom. The molecule has 0 heterocycles. The number of aliphatic hydroxyl groups excluding tert-OH is 1. The van der Waals surface area contributed by atoms with Gasteiger partial charge in [-0.25, -0.2) is 0 Å². The predicted octanol–water partition coefficient (Wildman–Crippen LogP) is 7.78. The molecule has 28 heavy (non-hydrogen) atoms. The molecule has 7 atom stereocenters. The molecule has 162 valence electrons. The van der Waals surface area contributed by atoms with E-state index in [0.717, 1.165) is 48.3 Å². The molecule has 0 spiro atoms. The van der Waals surface area contributed by atoms with Gasteiger partial charge in [-0.15, -0.1) is 0 Å². The Bertz CT molecular complexity index is 520. The van der Waals surface area contributed by atoms with E-state index in [0.29, 0.717) is 5.41 Å². The first-order valence-electron chi connectivity index (χ1n) is 12.7. The average molecular weight is 389 g/mol. The lowest BCUT2D eigenvalue weighted by atomic mass is 9.54. The monoisotopic (exact) mass is 388 g/mol. The summed E-state index contributed by atoms with van der Waals surface area (Å²) in [6.45, 7) is 12.4. The Morgan fingerprint density at radius 3 is 2.61 bits per heavy atom. The molecule has 3 rings (SSSR count). The molecule has 3 aliphatic rings. The lowest BCUT2D eigenvalue weighted by Gasteiger charge is -2.52. The Morgan fingerprint density at radius 2 is 1.86 bits per heavy atom. The lowest BCUT2D eigenvalue weighted by Crippen LogP contribution is -2.43. The smallest absolute Gasteiger partial charge is 0.0577 e.